The second-order valence-electron chi connectivity index (χ2n) is 9.78. The van der Waals surface area contributed by atoms with E-state index in [1.54, 1.807) is 16.7 Å². The van der Waals surface area contributed by atoms with E-state index in [1.165, 1.54) is 47.6 Å². The fraction of sp³-hybridized carbons (Fsp3) is 0.480. The van der Waals surface area contributed by atoms with Gasteiger partial charge in [0.25, 0.3) is 0 Å². The van der Waals surface area contributed by atoms with Gasteiger partial charge >= 0.3 is 0 Å². The van der Waals surface area contributed by atoms with Gasteiger partial charge in [0.1, 0.15) is 5.78 Å². The average Bonchev–Trinajstić information content (AvgIpc) is 3.28. The van der Waals surface area contributed by atoms with Crippen LogP contribution in [0.5, 0.6) is 0 Å². The number of fused-ring (bicyclic) bond motifs is 2. The first-order chi connectivity index (χ1) is 12.7. The van der Waals surface area contributed by atoms with Crippen LogP contribution in [0.2, 0.25) is 0 Å². The third kappa shape index (κ3) is 1.43. The summed E-state index contributed by atoms with van der Waals surface area (Å²) in [6, 6.07) is 11.7. The number of carbonyl (C=O) groups excluding carboxylic acids is 1. The highest BCUT2D eigenvalue weighted by Gasteiger charge is 2.60. The summed E-state index contributed by atoms with van der Waals surface area (Å²) in [6.45, 7) is 2.46. The first-order valence-corrected chi connectivity index (χ1v) is 10.5. The molecule has 0 amide bonds. The standard InChI is InChI=1S/C25H24O/c1-13-7-21-24-15-5-6-25(21,12-15)20-10-16-8-14-3-2-4-18(23(13)24)19(14)9-17(16)11-22(20)26/h2-4,8-9,13,15,20,23H,5-7,10-12H2,1H3. The van der Waals surface area contributed by atoms with Gasteiger partial charge in [0.05, 0.1) is 0 Å². The summed E-state index contributed by atoms with van der Waals surface area (Å²) in [5, 5.41) is 2.81. The Bertz CT molecular complexity index is 1060. The zero-order valence-corrected chi connectivity index (χ0v) is 15.3. The maximum atomic E-state index is 13.3. The molecular formula is C25H24O. The van der Waals surface area contributed by atoms with E-state index in [0.29, 0.717) is 24.0 Å². The van der Waals surface area contributed by atoms with Crippen LogP contribution >= 0.6 is 0 Å². The maximum Gasteiger partial charge on any atom is 0.141 e. The van der Waals surface area contributed by atoms with Crippen LogP contribution in [-0.4, -0.2) is 5.78 Å². The molecule has 0 aromatic heterocycles. The molecule has 2 aromatic carbocycles. The summed E-state index contributed by atoms with van der Waals surface area (Å²) in [4.78, 5) is 13.3. The van der Waals surface area contributed by atoms with Crippen LogP contribution in [0, 0.1) is 23.2 Å². The normalized spacial score (nSPS) is 38.9. The molecule has 0 heterocycles. The monoisotopic (exact) mass is 340 g/mol. The van der Waals surface area contributed by atoms with Gasteiger partial charge in [0, 0.05) is 23.7 Å². The molecule has 0 N–H and O–H groups in total. The molecule has 5 atom stereocenters. The van der Waals surface area contributed by atoms with Crippen LogP contribution in [0.15, 0.2) is 41.5 Å². The molecule has 130 valence electrons. The Labute approximate surface area is 154 Å². The Kier molecular flexibility index (Phi) is 2.36. The molecule has 1 saturated carbocycles. The lowest BCUT2D eigenvalue weighted by Crippen LogP contribution is -2.39. The van der Waals surface area contributed by atoms with E-state index in [-0.39, 0.29) is 11.3 Å². The Morgan fingerprint density at radius 1 is 1.12 bits per heavy atom. The number of allylic oxidation sites excluding steroid dienone is 2. The average molecular weight is 340 g/mol. The van der Waals surface area contributed by atoms with E-state index < -0.39 is 0 Å². The highest BCUT2D eigenvalue weighted by molar-refractivity contribution is 5.93. The Morgan fingerprint density at radius 2 is 2.04 bits per heavy atom. The molecule has 1 fully saturated rings. The molecule has 26 heavy (non-hydrogen) atoms. The molecule has 5 unspecified atom stereocenters. The van der Waals surface area contributed by atoms with Crippen LogP contribution in [0.1, 0.15) is 55.2 Å². The lowest BCUT2D eigenvalue weighted by molar-refractivity contribution is -0.126. The van der Waals surface area contributed by atoms with Gasteiger partial charge in [-0.05, 0) is 71.4 Å². The number of Topliss-reactive ketones (excluding diaryl/α,β-unsaturated/α-hetero) is 1. The number of rotatable bonds is 0. The molecule has 8 rings (SSSR count). The van der Waals surface area contributed by atoms with Gasteiger partial charge in [-0.1, -0.05) is 48.4 Å². The number of hydrogen-bond acceptors (Lipinski definition) is 1. The van der Waals surface area contributed by atoms with Crippen molar-refractivity contribution in [2.45, 2.75) is 51.4 Å². The highest BCUT2D eigenvalue weighted by Crippen LogP contribution is 2.70. The number of ketones is 1. The zero-order valence-electron chi connectivity index (χ0n) is 15.3. The predicted molar refractivity (Wildman–Crippen MR) is 103 cm³/mol. The predicted octanol–water partition coefficient (Wildman–Crippen LogP) is 5.36. The molecular weight excluding hydrogens is 316 g/mol. The van der Waals surface area contributed by atoms with Crippen LogP contribution in [0.3, 0.4) is 0 Å². The summed E-state index contributed by atoms with van der Waals surface area (Å²) in [5.41, 5.74) is 8.05. The molecule has 0 aliphatic heterocycles. The largest absolute Gasteiger partial charge is 0.299 e. The fourth-order valence-corrected chi connectivity index (χ4v) is 7.87. The molecule has 1 heteroatoms. The third-order valence-electron chi connectivity index (χ3n) is 8.78. The van der Waals surface area contributed by atoms with E-state index in [4.69, 9.17) is 0 Å². The third-order valence-corrected chi connectivity index (χ3v) is 8.78. The van der Waals surface area contributed by atoms with Crippen molar-refractivity contribution in [2.75, 3.05) is 0 Å². The van der Waals surface area contributed by atoms with Crippen molar-refractivity contribution in [2.24, 2.45) is 23.2 Å². The summed E-state index contributed by atoms with van der Waals surface area (Å²) in [6.07, 6.45) is 6.75. The van der Waals surface area contributed by atoms with Crippen LogP contribution in [-0.2, 0) is 17.6 Å². The zero-order chi connectivity index (χ0) is 17.2. The summed E-state index contributed by atoms with van der Waals surface area (Å²) >= 11 is 0. The molecule has 1 nitrogen and oxygen atoms in total. The van der Waals surface area contributed by atoms with Gasteiger partial charge in [-0.2, -0.15) is 0 Å². The van der Waals surface area contributed by atoms with Gasteiger partial charge in [-0.3, -0.25) is 4.79 Å². The Hall–Kier alpha value is -1.89. The second-order valence-corrected chi connectivity index (χ2v) is 9.78. The van der Waals surface area contributed by atoms with E-state index in [2.05, 4.69) is 37.3 Å². The molecule has 11 bridgehead atoms. The van der Waals surface area contributed by atoms with Crippen molar-refractivity contribution >= 4 is 16.6 Å². The number of hydrogen-bond donors (Lipinski definition) is 0. The molecule has 0 radical (unpaired) electrons. The topological polar surface area (TPSA) is 17.1 Å². The molecule has 2 aromatic rings. The SMILES string of the molecule is CC1CC2=C3C4CCC2(C4)C2Cc4cc5cccc(c5cc4CC2=O)C31. The van der Waals surface area contributed by atoms with Crippen molar-refractivity contribution < 1.29 is 4.79 Å². The first kappa shape index (κ1) is 14.2. The molecule has 6 aliphatic rings. The van der Waals surface area contributed by atoms with Crippen molar-refractivity contribution in [3.8, 4) is 0 Å². The van der Waals surface area contributed by atoms with Crippen molar-refractivity contribution in [1.82, 2.24) is 0 Å². The first-order valence-electron chi connectivity index (χ1n) is 10.5. The van der Waals surface area contributed by atoms with Gasteiger partial charge in [-0.15, -0.1) is 0 Å². The molecule has 6 aliphatic carbocycles. The van der Waals surface area contributed by atoms with E-state index in [9.17, 15) is 4.79 Å². The minimum absolute atomic E-state index is 0.215. The van der Waals surface area contributed by atoms with Crippen LogP contribution < -0.4 is 0 Å². The second kappa shape index (κ2) is 4.32. The number of carbonyl (C=O) groups is 1. The molecule has 0 saturated heterocycles. The van der Waals surface area contributed by atoms with Gasteiger partial charge in [-0.25, -0.2) is 0 Å². The highest BCUT2D eigenvalue weighted by atomic mass is 16.1. The van der Waals surface area contributed by atoms with E-state index in [1.807, 2.05) is 0 Å². The minimum Gasteiger partial charge on any atom is -0.299 e. The lowest BCUT2D eigenvalue weighted by atomic mass is 9.62. The van der Waals surface area contributed by atoms with E-state index >= 15 is 0 Å². The Morgan fingerprint density at radius 3 is 2.96 bits per heavy atom. The summed E-state index contributed by atoms with van der Waals surface area (Å²) in [5.74, 6) is 2.80. The smallest absolute Gasteiger partial charge is 0.141 e. The molecule has 1 spiro atoms. The summed E-state index contributed by atoms with van der Waals surface area (Å²) < 4.78 is 0. The van der Waals surface area contributed by atoms with Crippen molar-refractivity contribution in [3.05, 3.63) is 58.2 Å². The fourth-order valence-electron chi connectivity index (χ4n) is 7.87. The summed E-state index contributed by atoms with van der Waals surface area (Å²) in [7, 11) is 0. The minimum atomic E-state index is 0.215. The number of benzene rings is 2. The van der Waals surface area contributed by atoms with E-state index in [0.717, 1.165) is 12.3 Å². The van der Waals surface area contributed by atoms with Gasteiger partial charge in [0.2, 0.25) is 0 Å². The van der Waals surface area contributed by atoms with Crippen molar-refractivity contribution in [1.29, 1.82) is 0 Å². The van der Waals surface area contributed by atoms with Crippen LogP contribution in [0.25, 0.3) is 10.8 Å². The maximum absolute atomic E-state index is 13.3. The Balaban J connectivity index is 1.65. The van der Waals surface area contributed by atoms with Crippen molar-refractivity contribution in [3.63, 3.8) is 0 Å². The van der Waals surface area contributed by atoms with Crippen LogP contribution in [0.4, 0.5) is 0 Å². The van der Waals surface area contributed by atoms with Gasteiger partial charge in [0.15, 0.2) is 0 Å². The van der Waals surface area contributed by atoms with Gasteiger partial charge < -0.3 is 0 Å². The quantitative estimate of drug-likeness (QED) is 0.590. The lowest BCUT2D eigenvalue weighted by Gasteiger charge is -2.40.